The molecule has 35 heavy (non-hydrogen) atoms. The lowest BCUT2D eigenvalue weighted by Crippen LogP contribution is -2.32. The van der Waals surface area contributed by atoms with Crippen LogP contribution in [0.15, 0.2) is 107 Å². The number of pyridine rings is 1. The summed E-state index contributed by atoms with van der Waals surface area (Å²) in [4.78, 5) is 28.7. The van der Waals surface area contributed by atoms with Gasteiger partial charge in [-0.05, 0) is 42.3 Å². The van der Waals surface area contributed by atoms with Gasteiger partial charge in [-0.25, -0.2) is 8.42 Å². The summed E-state index contributed by atoms with van der Waals surface area (Å²) in [5.41, 5.74) is 1.37. The van der Waals surface area contributed by atoms with Gasteiger partial charge in [-0.3, -0.25) is 13.9 Å². The number of hydrogen-bond donors (Lipinski definition) is 2. The van der Waals surface area contributed by atoms with Crippen LogP contribution in [0.4, 0.5) is 5.69 Å². The molecule has 8 heteroatoms. The Morgan fingerprint density at radius 1 is 1.00 bits per heavy atom. The van der Waals surface area contributed by atoms with Crippen LogP contribution in [-0.2, 0) is 16.4 Å². The molecule has 0 radical (unpaired) electrons. The van der Waals surface area contributed by atoms with Crippen molar-refractivity contribution in [1.82, 2.24) is 10.3 Å². The monoisotopic (exact) mass is 487 g/mol. The molecule has 0 bridgehead atoms. The molecule has 0 atom stereocenters. The molecular formula is C27H25N3O4S. The van der Waals surface area contributed by atoms with E-state index in [-0.39, 0.29) is 22.4 Å². The number of carbonyl (C=O) groups is 1. The Hall–Kier alpha value is -4.17. The Bertz CT molecular complexity index is 1510. The van der Waals surface area contributed by atoms with Crippen LogP contribution in [0, 0.1) is 0 Å². The maximum Gasteiger partial charge on any atom is 0.264 e. The number of rotatable bonds is 9. The van der Waals surface area contributed by atoms with Gasteiger partial charge in [0.2, 0.25) is 5.43 Å². The topological polar surface area (TPSA) is 99.3 Å². The van der Waals surface area contributed by atoms with Gasteiger partial charge in [0.25, 0.3) is 15.9 Å². The molecule has 0 aliphatic rings. The van der Waals surface area contributed by atoms with Gasteiger partial charge in [-0.1, -0.05) is 54.6 Å². The minimum atomic E-state index is -3.99. The van der Waals surface area contributed by atoms with E-state index in [1.807, 2.05) is 30.3 Å². The van der Waals surface area contributed by atoms with Crippen LogP contribution in [0.1, 0.15) is 15.9 Å². The van der Waals surface area contributed by atoms with E-state index in [2.05, 4.69) is 16.9 Å². The molecule has 0 spiro atoms. The van der Waals surface area contributed by atoms with E-state index < -0.39 is 21.4 Å². The van der Waals surface area contributed by atoms with Crippen LogP contribution in [-0.4, -0.2) is 32.4 Å². The summed E-state index contributed by atoms with van der Waals surface area (Å²) in [6.45, 7) is 4.09. The van der Waals surface area contributed by atoms with Crippen LogP contribution in [0.3, 0.4) is 0 Å². The molecule has 0 aliphatic carbocycles. The lowest BCUT2D eigenvalue weighted by Gasteiger charge is -2.23. The Balaban J connectivity index is 1.64. The fraction of sp³-hybridized carbons (Fsp3) is 0.111. The van der Waals surface area contributed by atoms with Gasteiger partial charge < -0.3 is 10.3 Å². The van der Waals surface area contributed by atoms with E-state index in [0.717, 1.165) is 5.56 Å². The lowest BCUT2D eigenvalue weighted by molar-refractivity contribution is 0.0953. The number of anilines is 1. The predicted molar refractivity (Wildman–Crippen MR) is 138 cm³/mol. The normalized spacial score (nSPS) is 11.2. The van der Waals surface area contributed by atoms with Crippen LogP contribution in [0.5, 0.6) is 0 Å². The molecule has 4 aromatic rings. The highest BCUT2D eigenvalue weighted by molar-refractivity contribution is 7.92. The number of H-pyrrole nitrogens is 1. The SMILES string of the molecule is C=CCN(c1ccccc1)S(=O)(=O)c1ccc2[nH]cc(C(=O)NCCc3ccccc3)c(=O)c2c1. The van der Waals surface area contributed by atoms with Crippen molar-refractivity contribution in [3.63, 3.8) is 0 Å². The third-order valence-electron chi connectivity index (χ3n) is 5.57. The molecule has 2 N–H and O–H groups in total. The second kappa shape index (κ2) is 10.4. The number of aromatic amines is 1. The summed E-state index contributed by atoms with van der Waals surface area (Å²) in [7, 11) is -3.99. The van der Waals surface area contributed by atoms with Gasteiger partial charge in [0, 0.05) is 23.6 Å². The first-order chi connectivity index (χ1) is 16.9. The number of aromatic nitrogens is 1. The van der Waals surface area contributed by atoms with Crippen molar-refractivity contribution in [2.75, 3.05) is 17.4 Å². The highest BCUT2D eigenvalue weighted by Gasteiger charge is 2.25. The van der Waals surface area contributed by atoms with Crippen molar-refractivity contribution in [3.8, 4) is 0 Å². The van der Waals surface area contributed by atoms with E-state index in [9.17, 15) is 18.0 Å². The predicted octanol–water partition coefficient (Wildman–Crippen LogP) is 3.88. The van der Waals surface area contributed by atoms with E-state index in [1.165, 1.54) is 34.8 Å². The Morgan fingerprint density at radius 2 is 1.69 bits per heavy atom. The van der Waals surface area contributed by atoms with Crippen LogP contribution < -0.4 is 15.1 Å². The third-order valence-corrected chi connectivity index (χ3v) is 7.36. The molecule has 4 rings (SSSR count). The number of sulfonamides is 1. The molecular weight excluding hydrogens is 462 g/mol. The Morgan fingerprint density at radius 3 is 2.37 bits per heavy atom. The minimum Gasteiger partial charge on any atom is -0.360 e. The number of amides is 1. The largest absolute Gasteiger partial charge is 0.360 e. The van der Waals surface area contributed by atoms with E-state index in [4.69, 9.17) is 0 Å². The first-order valence-electron chi connectivity index (χ1n) is 11.1. The fourth-order valence-electron chi connectivity index (χ4n) is 3.77. The molecule has 0 fully saturated rings. The van der Waals surface area contributed by atoms with Crippen molar-refractivity contribution in [2.24, 2.45) is 0 Å². The second-order valence-electron chi connectivity index (χ2n) is 7.89. The average Bonchev–Trinajstić information content (AvgIpc) is 2.88. The van der Waals surface area contributed by atoms with Crippen molar-refractivity contribution in [1.29, 1.82) is 0 Å². The quantitative estimate of drug-likeness (QED) is 0.350. The van der Waals surface area contributed by atoms with Crippen molar-refractivity contribution in [3.05, 3.63) is 119 Å². The zero-order chi connectivity index (χ0) is 24.8. The molecule has 1 amide bonds. The summed E-state index contributed by atoms with van der Waals surface area (Å²) in [5.74, 6) is -0.519. The summed E-state index contributed by atoms with van der Waals surface area (Å²) in [5, 5.41) is 2.88. The van der Waals surface area contributed by atoms with Gasteiger partial charge in [0.15, 0.2) is 0 Å². The second-order valence-corrected chi connectivity index (χ2v) is 9.75. The van der Waals surface area contributed by atoms with E-state index in [1.54, 1.807) is 30.3 Å². The molecule has 0 aliphatic heterocycles. The van der Waals surface area contributed by atoms with Gasteiger partial charge >= 0.3 is 0 Å². The van der Waals surface area contributed by atoms with Gasteiger partial charge in [-0.2, -0.15) is 0 Å². The van der Waals surface area contributed by atoms with Crippen molar-refractivity contribution in [2.45, 2.75) is 11.3 Å². The number of hydrogen-bond acceptors (Lipinski definition) is 4. The maximum atomic E-state index is 13.5. The lowest BCUT2D eigenvalue weighted by atomic mass is 10.1. The maximum absolute atomic E-state index is 13.5. The van der Waals surface area contributed by atoms with Crippen LogP contribution >= 0.6 is 0 Å². The molecule has 1 heterocycles. The molecule has 0 saturated heterocycles. The summed E-state index contributed by atoms with van der Waals surface area (Å²) in [6.07, 6.45) is 3.47. The molecule has 178 valence electrons. The molecule has 7 nitrogen and oxygen atoms in total. The van der Waals surface area contributed by atoms with Gasteiger partial charge in [0.1, 0.15) is 5.56 Å². The van der Waals surface area contributed by atoms with Crippen molar-refractivity contribution >= 4 is 32.5 Å². The summed E-state index contributed by atoms with van der Waals surface area (Å²) < 4.78 is 28.1. The Labute approximate surface area is 203 Å². The third kappa shape index (κ3) is 5.17. The standard InChI is InChI=1S/C27H25N3O4S/c1-2-17-30(21-11-7-4-8-12-21)35(33,34)22-13-14-25-23(18-22)26(31)24(19-29-25)27(32)28-16-15-20-9-5-3-6-10-20/h2-14,18-19H,1,15-17H2,(H,28,32)(H,29,31). The molecule has 3 aromatic carbocycles. The Kier molecular flexibility index (Phi) is 7.12. The molecule has 1 aromatic heterocycles. The minimum absolute atomic E-state index is 0.0529. The summed E-state index contributed by atoms with van der Waals surface area (Å²) >= 11 is 0. The zero-order valence-electron chi connectivity index (χ0n) is 19.0. The number of nitrogens with one attached hydrogen (secondary N) is 2. The number of benzene rings is 3. The van der Waals surface area contributed by atoms with Crippen LogP contribution in [0.2, 0.25) is 0 Å². The number of fused-ring (bicyclic) bond motifs is 1. The first kappa shape index (κ1) is 24.0. The highest BCUT2D eigenvalue weighted by atomic mass is 32.2. The number of para-hydroxylation sites is 1. The smallest absolute Gasteiger partial charge is 0.264 e. The zero-order valence-corrected chi connectivity index (χ0v) is 19.8. The van der Waals surface area contributed by atoms with E-state index >= 15 is 0 Å². The number of nitrogens with zero attached hydrogens (tertiary/aromatic N) is 1. The first-order valence-corrected chi connectivity index (χ1v) is 12.5. The highest BCUT2D eigenvalue weighted by Crippen LogP contribution is 2.25. The molecule has 0 saturated carbocycles. The van der Waals surface area contributed by atoms with Crippen LogP contribution in [0.25, 0.3) is 10.9 Å². The van der Waals surface area contributed by atoms with Gasteiger partial charge in [0.05, 0.1) is 17.1 Å². The average molecular weight is 488 g/mol. The number of carbonyl (C=O) groups excluding carboxylic acids is 1. The fourth-order valence-corrected chi connectivity index (χ4v) is 5.23. The molecule has 0 unspecified atom stereocenters. The summed E-state index contributed by atoms with van der Waals surface area (Å²) in [6, 6.07) is 22.6. The van der Waals surface area contributed by atoms with E-state index in [0.29, 0.717) is 24.2 Å². The van der Waals surface area contributed by atoms with Gasteiger partial charge in [-0.15, -0.1) is 6.58 Å². The van der Waals surface area contributed by atoms with Crippen molar-refractivity contribution < 1.29 is 13.2 Å².